The second-order valence-electron chi connectivity index (χ2n) is 6.10. The molecule has 0 aliphatic carbocycles. The van der Waals surface area contributed by atoms with E-state index in [4.69, 9.17) is 16.3 Å². The molecule has 0 radical (unpaired) electrons. The van der Waals surface area contributed by atoms with Crippen molar-refractivity contribution in [3.63, 3.8) is 0 Å². The fourth-order valence-electron chi connectivity index (χ4n) is 2.25. The highest BCUT2D eigenvalue weighted by molar-refractivity contribution is 7.14. The van der Waals surface area contributed by atoms with Crippen molar-refractivity contribution in [3.8, 4) is 17.0 Å². The van der Waals surface area contributed by atoms with Gasteiger partial charge in [-0.05, 0) is 30.3 Å². The van der Waals surface area contributed by atoms with Crippen molar-refractivity contribution in [2.45, 2.75) is 0 Å². The Labute approximate surface area is 171 Å². The maximum atomic E-state index is 12.5. The van der Waals surface area contributed by atoms with Gasteiger partial charge in [0.25, 0.3) is 11.8 Å². The van der Waals surface area contributed by atoms with Crippen molar-refractivity contribution < 1.29 is 14.3 Å². The quantitative estimate of drug-likeness (QED) is 0.655. The first-order chi connectivity index (χ1) is 13.4. The van der Waals surface area contributed by atoms with Gasteiger partial charge in [-0.2, -0.15) is 0 Å². The lowest BCUT2D eigenvalue weighted by atomic mass is 10.2. The number of amides is 2. The smallest absolute Gasteiger partial charge is 0.259 e. The van der Waals surface area contributed by atoms with Gasteiger partial charge < -0.3 is 9.64 Å². The molecule has 0 spiro atoms. The summed E-state index contributed by atoms with van der Waals surface area (Å²) in [5.74, 6) is -0.0161. The summed E-state index contributed by atoms with van der Waals surface area (Å²) in [6.07, 6.45) is 0. The Morgan fingerprint density at radius 2 is 1.93 bits per heavy atom. The molecule has 0 unspecified atom stereocenters. The molecule has 1 heterocycles. The third kappa shape index (κ3) is 5.09. The van der Waals surface area contributed by atoms with Crippen molar-refractivity contribution in [1.82, 2.24) is 9.88 Å². The summed E-state index contributed by atoms with van der Waals surface area (Å²) in [4.78, 5) is 30.0. The second-order valence-corrected chi connectivity index (χ2v) is 7.40. The number of benzene rings is 2. The van der Waals surface area contributed by atoms with Crippen LogP contribution in [0.15, 0.2) is 53.9 Å². The first-order valence-electron chi connectivity index (χ1n) is 8.38. The molecule has 0 fully saturated rings. The minimum Gasteiger partial charge on any atom is -0.484 e. The number of ether oxygens (including phenoxy) is 1. The highest BCUT2D eigenvalue weighted by atomic mass is 35.5. The third-order valence-electron chi connectivity index (χ3n) is 3.82. The van der Waals surface area contributed by atoms with Crippen molar-refractivity contribution in [3.05, 3.63) is 64.5 Å². The van der Waals surface area contributed by atoms with Gasteiger partial charge in [-0.25, -0.2) is 4.98 Å². The summed E-state index contributed by atoms with van der Waals surface area (Å²) in [6, 6.07) is 14.0. The summed E-state index contributed by atoms with van der Waals surface area (Å²) in [5, 5.41) is 5.79. The number of aromatic nitrogens is 1. The summed E-state index contributed by atoms with van der Waals surface area (Å²) in [7, 11) is 3.31. The topological polar surface area (TPSA) is 71.5 Å². The second kappa shape index (κ2) is 8.86. The molecule has 6 nitrogen and oxygen atoms in total. The lowest BCUT2D eigenvalue weighted by Gasteiger charge is -2.11. The van der Waals surface area contributed by atoms with Gasteiger partial charge in [-0.15, -0.1) is 11.3 Å². The Balaban J connectivity index is 1.66. The summed E-state index contributed by atoms with van der Waals surface area (Å²) in [5.41, 5.74) is 2.09. The van der Waals surface area contributed by atoms with Gasteiger partial charge in [-0.1, -0.05) is 29.8 Å². The van der Waals surface area contributed by atoms with Crippen LogP contribution in [0.5, 0.6) is 5.75 Å². The Morgan fingerprint density at radius 1 is 1.18 bits per heavy atom. The maximum Gasteiger partial charge on any atom is 0.259 e. The summed E-state index contributed by atoms with van der Waals surface area (Å²) in [6.45, 7) is -0.0883. The van der Waals surface area contributed by atoms with Gasteiger partial charge in [0.2, 0.25) is 0 Å². The zero-order chi connectivity index (χ0) is 20.1. The molecule has 0 saturated carbocycles. The molecule has 3 aromatic rings. The van der Waals surface area contributed by atoms with Gasteiger partial charge >= 0.3 is 0 Å². The third-order valence-corrected chi connectivity index (χ3v) is 4.83. The average Bonchev–Trinajstić information content (AvgIpc) is 3.15. The van der Waals surface area contributed by atoms with E-state index in [9.17, 15) is 9.59 Å². The Morgan fingerprint density at radius 3 is 2.64 bits per heavy atom. The van der Waals surface area contributed by atoms with Crippen molar-refractivity contribution in [2.24, 2.45) is 0 Å². The minimum atomic E-state index is -0.304. The number of halogens is 1. The van der Waals surface area contributed by atoms with Crippen molar-refractivity contribution in [2.75, 3.05) is 26.0 Å². The van der Waals surface area contributed by atoms with Gasteiger partial charge in [0.05, 0.1) is 5.69 Å². The number of thiazole rings is 1. The molecule has 0 aliphatic rings. The highest BCUT2D eigenvalue weighted by Gasteiger charge is 2.12. The minimum absolute atomic E-state index is 0.0883. The predicted molar refractivity (Wildman–Crippen MR) is 111 cm³/mol. The molecular weight excluding hydrogens is 398 g/mol. The van der Waals surface area contributed by atoms with Crippen LogP contribution in [0.25, 0.3) is 11.3 Å². The number of carbonyl (C=O) groups excluding carboxylic acids is 2. The SMILES string of the molecule is CN(C)C(=O)COc1cccc(C(=O)Nc2nc(-c3ccc(Cl)cc3)cs2)c1. The van der Waals surface area contributed by atoms with Crippen molar-refractivity contribution >= 4 is 39.9 Å². The highest BCUT2D eigenvalue weighted by Crippen LogP contribution is 2.26. The zero-order valence-electron chi connectivity index (χ0n) is 15.3. The summed E-state index contributed by atoms with van der Waals surface area (Å²) < 4.78 is 5.45. The molecule has 8 heteroatoms. The molecule has 3 rings (SSSR count). The van der Waals surface area contributed by atoms with Gasteiger partial charge in [0.1, 0.15) is 5.75 Å². The number of hydrogen-bond donors (Lipinski definition) is 1. The van der Waals surface area contributed by atoms with Gasteiger partial charge in [0.15, 0.2) is 11.7 Å². The summed E-state index contributed by atoms with van der Waals surface area (Å²) >= 11 is 7.24. The molecule has 0 saturated heterocycles. The molecule has 0 bridgehead atoms. The largest absolute Gasteiger partial charge is 0.484 e. The van der Waals surface area contributed by atoms with E-state index in [1.165, 1.54) is 16.2 Å². The van der Waals surface area contributed by atoms with Crippen molar-refractivity contribution in [1.29, 1.82) is 0 Å². The molecule has 1 aromatic heterocycles. The van der Waals surface area contributed by atoms with Crippen LogP contribution in [-0.4, -0.2) is 42.4 Å². The number of anilines is 1. The molecule has 2 amide bonds. The number of likely N-dealkylation sites (N-methyl/N-ethyl adjacent to an activating group) is 1. The van der Waals surface area contributed by atoms with Gasteiger partial charge in [-0.3, -0.25) is 14.9 Å². The monoisotopic (exact) mass is 415 g/mol. The van der Waals surface area contributed by atoms with E-state index in [2.05, 4.69) is 10.3 Å². The van der Waals surface area contributed by atoms with Crippen LogP contribution in [0.2, 0.25) is 5.02 Å². The molecule has 144 valence electrons. The Bertz CT molecular complexity index is 986. The molecular formula is C20H18ClN3O3S. The molecule has 2 aromatic carbocycles. The standard InChI is InChI=1S/C20H18ClN3O3S/c1-24(2)18(25)11-27-16-5-3-4-14(10-16)19(26)23-20-22-17(12-28-20)13-6-8-15(21)9-7-13/h3-10,12H,11H2,1-2H3,(H,22,23,26). The number of hydrogen-bond acceptors (Lipinski definition) is 5. The van der Waals surface area contributed by atoms with Crippen LogP contribution in [0.4, 0.5) is 5.13 Å². The number of rotatable bonds is 6. The van der Waals surface area contributed by atoms with E-state index in [1.54, 1.807) is 50.5 Å². The molecule has 28 heavy (non-hydrogen) atoms. The van der Waals surface area contributed by atoms with Crippen LogP contribution in [-0.2, 0) is 4.79 Å². The normalized spacial score (nSPS) is 10.4. The van der Waals surface area contributed by atoms with E-state index < -0.39 is 0 Å². The van der Waals surface area contributed by atoms with Crippen LogP contribution < -0.4 is 10.1 Å². The first kappa shape index (κ1) is 19.9. The predicted octanol–water partition coefficient (Wildman–Crippen LogP) is 4.18. The maximum absolute atomic E-state index is 12.5. The van der Waals surface area contributed by atoms with E-state index in [0.717, 1.165) is 11.3 Å². The lowest BCUT2D eigenvalue weighted by Crippen LogP contribution is -2.27. The number of nitrogens with one attached hydrogen (secondary N) is 1. The van der Waals surface area contributed by atoms with E-state index in [1.807, 2.05) is 17.5 Å². The zero-order valence-corrected chi connectivity index (χ0v) is 16.9. The van der Waals surface area contributed by atoms with E-state index in [0.29, 0.717) is 21.5 Å². The van der Waals surface area contributed by atoms with E-state index in [-0.39, 0.29) is 18.4 Å². The Kier molecular flexibility index (Phi) is 6.28. The fraction of sp³-hybridized carbons (Fsp3) is 0.150. The Hall–Kier alpha value is -2.90. The molecule has 0 aliphatic heterocycles. The van der Waals surface area contributed by atoms with Gasteiger partial charge in [0, 0.05) is 35.6 Å². The lowest BCUT2D eigenvalue weighted by molar-refractivity contribution is -0.130. The van der Waals surface area contributed by atoms with Crippen LogP contribution in [0.3, 0.4) is 0 Å². The molecule has 0 atom stereocenters. The van der Waals surface area contributed by atoms with Crippen LogP contribution in [0, 0.1) is 0 Å². The molecule has 1 N–H and O–H groups in total. The van der Waals surface area contributed by atoms with Crippen LogP contribution in [0.1, 0.15) is 10.4 Å². The van der Waals surface area contributed by atoms with E-state index >= 15 is 0 Å². The van der Waals surface area contributed by atoms with Crippen LogP contribution >= 0.6 is 22.9 Å². The number of nitrogens with zero attached hydrogens (tertiary/aromatic N) is 2. The number of carbonyl (C=O) groups is 2. The fourth-order valence-corrected chi connectivity index (χ4v) is 3.10. The first-order valence-corrected chi connectivity index (χ1v) is 9.64. The average molecular weight is 416 g/mol.